The normalized spacial score (nSPS) is 16.6. The Kier molecular flexibility index (Phi) is 8.19. The van der Waals surface area contributed by atoms with Crippen LogP contribution in [0.1, 0.15) is 49.3 Å². The summed E-state index contributed by atoms with van der Waals surface area (Å²) < 4.78 is 6.18. The molecule has 2 aromatic carbocycles. The van der Waals surface area contributed by atoms with Gasteiger partial charge in [0.25, 0.3) is 0 Å². The predicted molar refractivity (Wildman–Crippen MR) is 116 cm³/mol. The highest BCUT2D eigenvalue weighted by atomic mass is 35.5. The number of halogens is 2. The zero-order chi connectivity index (χ0) is 19.9. The van der Waals surface area contributed by atoms with E-state index in [4.69, 9.17) is 27.9 Å². The average Bonchev–Trinajstić information content (AvgIpc) is 2.71. The van der Waals surface area contributed by atoms with Gasteiger partial charge in [-0.2, -0.15) is 0 Å². The van der Waals surface area contributed by atoms with Crippen molar-refractivity contribution in [3.8, 4) is 0 Å². The first-order chi connectivity index (χ1) is 13.5. The molecule has 152 valence electrons. The highest BCUT2D eigenvalue weighted by molar-refractivity contribution is 6.30. The van der Waals surface area contributed by atoms with Crippen molar-refractivity contribution >= 4 is 23.2 Å². The fourth-order valence-electron chi connectivity index (χ4n) is 3.92. The predicted octanol–water partition coefficient (Wildman–Crippen LogP) is 5.72. The molecule has 0 amide bonds. The first-order valence-corrected chi connectivity index (χ1v) is 10.8. The molecule has 1 saturated carbocycles. The summed E-state index contributed by atoms with van der Waals surface area (Å²) in [6.07, 6.45) is 5.55. The van der Waals surface area contributed by atoms with Gasteiger partial charge in [-0.15, -0.1) is 0 Å². The number of ether oxygens (including phenoxy) is 1. The Hall–Kier alpha value is -1.10. The lowest BCUT2D eigenvalue weighted by Gasteiger charge is -2.32. The molecule has 0 spiro atoms. The minimum absolute atomic E-state index is 0.271. The topological polar surface area (TPSA) is 32.7 Å². The van der Waals surface area contributed by atoms with Crippen molar-refractivity contribution in [3.63, 3.8) is 0 Å². The molecule has 1 atom stereocenters. The van der Waals surface area contributed by atoms with Crippen LogP contribution in [0.15, 0.2) is 48.5 Å². The molecular weight excluding hydrogens is 393 g/mol. The van der Waals surface area contributed by atoms with E-state index in [1.807, 2.05) is 48.5 Å². The maximum absolute atomic E-state index is 10.6. The van der Waals surface area contributed by atoms with E-state index in [2.05, 4.69) is 11.9 Å². The summed E-state index contributed by atoms with van der Waals surface area (Å²) in [6, 6.07) is 15.8. The SMILES string of the molecule is CN(C[C@@H](O)COC(c1ccc(Cl)cc1)c1ccc(Cl)cc1)C1CCCCC1. The van der Waals surface area contributed by atoms with Crippen LogP contribution in [0.2, 0.25) is 10.0 Å². The minimum atomic E-state index is -0.533. The van der Waals surface area contributed by atoms with Crippen LogP contribution in [0.5, 0.6) is 0 Å². The van der Waals surface area contributed by atoms with Crippen LogP contribution in [0.3, 0.4) is 0 Å². The molecule has 1 aliphatic carbocycles. The second kappa shape index (κ2) is 10.6. The number of rotatable bonds is 8. The van der Waals surface area contributed by atoms with Crippen molar-refractivity contribution in [2.75, 3.05) is 20.2 Å². The van der Waals surface area contributed by atoms with Crippen LogP contribution in [0.25, 0.3) is 0 Å². The van der Waals surface area contributed by atoms with Crippen molar-refractivity contribution in [1.29, 1.82) is 0 Å². The first-order valence-electron chi connectivity index (χ1n) is 10.0. The summed E-state index contributed by atoms with van der Waals surface area (Å²) in [6.45, 7) is 0.894. The standard InChI is InChI=1S/C23H29Cl2NO2/c1-26(21-5-3-2-4-6-21)15-22(27)16-28-23(17-7-11-19(24)12-8-17)18-9-13-20(25)14-10-18/h7-14,21-23,27H,2-6,15-16H2,1H3/t22-/m1/s1. The fraction of sp³-hybridized carbons (Fsp3) is 0.478. The van der Waals surface area contributed by atoms with Gasteiger partial charge in [-0.3, -0.25) is 0 Å². The number of nitrogens with zero attached hydrogens (tertiary/aromatic N) is 1. The Morgan fingerprint density at radius 2 is 1.43 bits per heavy atom. The second-order valence-electron chi connectivity index (χ2n) is 7.70. The third-order valence-electron chi connectivity index (χ3n) is 5.50. The third kappa shape index (κ3) is 6.20. The summed E-state index contributed by atoms with van der Waals surface area (Å²) in [4.78, 5) is 2.28. The lowest BCUT2D eigenvalue weighted by atomic mass is 9.94. The van der Waals surface area contributed by atoms with Gasteiger partial charge in [0.1, 0.15) is 6.10 Å². The molecule has 28 heavy (non-hydrogen) atoms. The van der Waals surface area contributed by atoms with E-state index >= 15 is 0 Å². The van der Waals surface area contributed by atoms with Gasteiger partial charge in [0.05, 0.1) is 12.7 Å². The lowest BCUT2D eigenvalue weighted by molar-refractivity contribution is -0.0121. The molecule has 0 aliphatic heterocycles. The molecule has 1 N–H and O–H groups in total. The largest absolute Gasteiger partial charge is 0.389 e. The van der Waals surface area contributed by atoms with Gasteiger partial charge in [-0.05, 0) is 55.3 Å². The van der Waals surface area contributed by atoms with Gasteiger partial charge < -0.3 is 14.7 Å². The molecule has 2 aromatic rings. The van der Waals surface area contributed by atoms with Crippen molar-refractivity contribution in [3.05, 3.63) is 69.7 Å². The molecular formula is C23H29Cl2NO2. The number of hydrogen-bond donors (Lipinski definition) is 1. The van der Waals surface area contributed by atoms with Gasteiger partial charge in [0, 0.05) is 22.6 Å². The molecule has 0 radical (unpaired) electrons. The van der Waals surface area contributed by atoms with Gasteiger partial charge in [0.2, 0.25) is 0 Å². The summed E-state index contributed by atoms with van der Waals surface area (Å²) in [7, 11) is 2.11. The van der Waals surface area contributed by atoms with Crippen molar-refractivity contribution in [1.82, 2.24) is 4.90 Å². The molecule has 0 saturated heterocycles. The zero-order valence-electron chi connectivity index (χ0n) is 16.4. The van der Waals surface area contributed by atoms with Crippen LogP contribution in [0.4, 0.5) is 0 Å². The maximum Gasteiger partial charge on any atom is 0.108 e. The molecule has 3 nitrogen and oxygen atoms in total. The van der Waals surface area contributed by atoms with Crippen LogP contribution in [0, 0.1) is 0 Å². The zero-order valence-corrected chi connectivity index (χ0v) is 17.9. The van der Waals surface area contributed by atoms with E-state index in [0.717, 1.165) is 11.1 Å². The summed E-state index contributed by atoms with van der Waals surface area (Å²) in [5.41, 5.74) is 2.00. The second-order valence-corrected chi connectivity index (χ2v) is 8.57. The van der Waals surface area contributed by atoms with E-state index in [1.165, 1.54) is 32.1 Å². The number of aliphatic hydroxyl groups is 1. The Morgan fingerprint density at radius 3 is 1.93 bits per heavy atom. The summed E-state index contributed by atoms with van der Waals surface area (Å²) in [5.74, 6) is 0. The third-order valence-corrected chi connectivity index (χ3v) is 6.00. The minimum Gasteiger partial charge on any atom is -0.389 e. The highest BCUT2D eigenvalue weighted by Crippen LogP contribution is 2.28. The van der Waals surface area contributed by atoms with E-state index in [0.29, 0.717) is 22.6 Å². The smallest absolute Gasteiger partial charge is 0.108 e. The molecule has 0 unspecified atom stereocenters. The highest BCUT2D eigenvalue weighted by Gasteiger charge is 2.22. The number of benzene rings is 2. The first kappa shape index (κ1) is 21.6. The monoisotopic (exact) mass is 421 g/mol. The van der Waals surface area contributed by atoms with E-state index in [9.17, 15) is 5.11 Å². The van der Waals surface area contributed by atoms with E-state index in [-0.39, 0.29) is 12.7 Å². The van der Waals surface area contributed by atoms with Gasteiger partial charge in [-0.1, -0.05) is 66.7 Å². The average molecular weight is 422 g/mol. The van der Waals surface area contributed by atoms with Gasteiger partial charge >= 0.3 is 0 Å². The molecule has 0 aromatic heterocycles. The quantitative estimate of drug-likeness (QED) is 0.590. The number of likely N-dealkylation sites (N-methyl/N-ethyl adjacent to an activating group) is 1. The molecule has 0 heterocycles. The van der Waals surface area contributed by atoms with Gasteiger partial charge in [0.15, 0.2) is 0 Å². The molecule has 0 bridgehead atoms. The maximum atomic E-state index is 10.6. The Balaban J connectivity index is 1.63. The van der Waals surface area contributed by atoms with E-state index in [1.54, 1.807) is 0 Å². The van der Waals surface area contributed by atoms with Crippen molar-refractivity contribution in [2.45, 2.75) is 50.4 Å². The number of hydrogen-bond acceptors (Lipinski definition) is 3. The molecule has 5 heteroatoms. The van der Waals surface area contributed by atoms with Gasteiger partial charge in [-0.25, -0.2) is 0 Å². The summed E-state index contributed by atoms with van der Waals surface area (Å²) in [5, 5.41) is 11.9. The van der Waals surface area contributed by atoms with E-state index < -0.39 is 6.10 Å². The number of aliphatic hydroxyl groups excluding tert-OH is 1. The molecule has 1 fully saturated rings. The lowest BCUT2D eigenvalue weighted by Crippen LogP contribution is -2.40. The fourth-order valence-corrected chi connectivity index (χ4v) is 4.18. The van der Waals surface area contributed by atoms with Crippen LogP contribution < -0.4 is 0 Å². The van der Waals surface area contributed by atoms with Crippen molar-refractivity contribution in [2.24, 2.45) is 0 Å². The van der Waals surface area contributed by atoms with Crippen LogP contribution >= 0.6 is 23.2 Å². The Bertz CT molecular complexity index is 669. The Morgan fingerprint density at radius 1 is 0.929 bits per heavy atom. The van der Waals surface area contributed by atoms with Crippen LogP contribution in [-0.2, 0) is 4.74 Å². The molecule has 1 aliphatic rings. The Labute approximate surface area is 178 Å². The summed E-state index contributed by atoms with van der Waals surface area (Å²) >= 11 is 12.1. The van der Waals surface area contributed by atoms with Crippen LogP contribution in [-0.4, -0.2) is 42.4 Å². The van der Waals surface area contributed by atoms with Crippen molar-refractivity contribution < 1.29 is 9.84 Å². The molecule has 3 rings (SSSR count).